The van der Waals surface area contributed by atoms with Crippen LogP contribution >= 0.6 is 0 Å². The summed E-state index contributed by atoms with van der Waals surface area (Å²) in [6.45, 7) is 3.32. The first-order valence-corrected chi connectivity index (χ1v) is 10.6. The van der Waals surface area contributed by atoms with Crippen LogP contribution in [0.4, 0.5) is 5.82 Å². The molecule has 1 aliphatic heterocycles. The Morgan fingerprint density at radius 2 is 1.93 bits per heavy atom. The molecule has 5 rings (SSSR count). The first-order valence-electron chi connectivity index (χ1n) is 10.6. The van der Waals surface area contributed by atoms with Crippen molar-refractivity contribution in [2.45, 2.75) is 38.1 Å². The molecule has 0 amide bonds. The second-order valence-electron chi connectivity index (χ2n) is 8.32. The number of fused-ring (bicyclic) bond motifs is 1. The quantitative estimate of drug-likeness (QED) is 0.659. The smallest absolute Gasteiger partial charge is 0.150 e. The van der Waals surface area contributed by atoms with E-state index in [1.807, 2.05) is 18.2 Å². The molecule has 0 atom stereocenters. The number of nitrogens with one attached hydrogen (secondary N) is 1. The van der Waals surface area contributed by atoms with Crippen LogP contribution in [0.3, 0.4) is 0 Å². The van der Waals surface area contributed by atoms with E-state index in [9.17, 15) is 5.11 Å². The second-order valence-corrected chi connectivity index (χ2v) is 8.32. The maximum atomic E-state index is 10.3. The maximum Gasteiger partial charge on any atom is 0.150 e. The van der Waals surface area contributed by atoms with Gasteiger partial charge < -0.3 is 15.3 Å². The van der Waals surface area contributed by atoms with Crippen molar-refractivity contribution in [1.29, 1.82) is 0 Å². The minimum absolute atomic E-state index is 0.205. The molecule has 29 heavy (non-hydrogen) atoms. The van der Waals surface area contributed by atoms with Gasteiger partial charge in [-0.2, -0.15) is 9.61 Å². The fraction of sp³-hybridized carbons (Fsp3) is 0.455. The molecule has 2 aromatic heterocycles. The summed E-state index contributed by atoms with van der Waals surface area (Å²) in [6.07, 6.45) is 8.24. The zero-order chi connectivity index (χ0) is 19.8. The SMILES string of the molecule is [B]c1cnn2c(NCC3CCN(C4CCC4)CC3)cc(-c3ccccc3O)nc12. The van der Waals surface area contributed by atoms with Gasteiger partial charge in [-0.25, -0.2) is 4.98 Å². The summed E-state index contributed by atoms with van der Waals surface area (Å²) in [4.78, 5) is 7.31. The predicted molar refractivity (Wildman–Crippen MR) is 116 cm³/mol. The summed E-state index contributed by atoms with van der Waals surface area (Å²) in [7, 11) is 6.09. The number of nitrogens with zero attached hydrogens (tertiary/aromatic N) is 4. The van der Waals surface area contributed by atoms with Gasteiger partial charge in [-0.05, 0) is 62.3 Å². The molecular formula is C22H26BN5O. The number of phenols is 1. The number of aromatic hydroxyl groups is 1. The van der Waals surface area contributed by atoms with E-state index in [0.29, 0.717) is 28.3 Å². The van der Waals surface area contributed by atoms with Gasteiger partial charge in [-0.1, -0.05) is 18.6 Å². The summed E-state index contributed by atoms with van der Waals surface area (Å²) in [6, 6.07) is 10.0. The molecule has 2 aliphatic rings. The Hall–Kier alpha value is -2.54. The Kier molecular flexibility index (Phi) is 4.92. The molecule has 0 bridgehead atoms. The van der Waals surface area contributed by atoms with Gasteiger partial charge in [0.1, 0.15) is 19.4 Å². The molecule has 3 heterocycles. The molecule has 7 heteroatoms. The average molecular weight is 387 g/mol. The molecule has 3 aromatic rings. The van der Waals surface area contributed by atoms with Crippen molar-refractivity contribution < 1.29 is 5.11 Å². The number of hydrogen-bond acceptors (Lipinski definition) is 5. The number of aromatic nitrogens is 3. The van der Waals surface area contributed by atoms with Crippen molar-refractivity contribution in [3.05, 3.63) is 36.5 Å². The highest BCUT2D eigenvalue weighted by atomic mass is 16.3. The molecule has 2 N–H and O–H groups in total. The minimum Gasteiger partial charge on any atom is -0.507 e. The van der Waals surface area contributed by atoms with Crippen molar-refractivity contribution in [2.75, 3.05) is 25.0 Å². The van der Waals surface area contributed by atoms with Gasteiger partial charge in [0, 0.05) is 30.4 Å². The van der Waals surface area contributed by atoms with E-state index in [2.05, 4.69) is 20.3 Å². The number of anilines is 1. The van der Waals surface area contributed by atoms with Gasteiger partial charge in [0.25, 0.3) is 0 Å². The summed E-state index contributed by atoms with van der Waals surface area (Å²) in [5.74, 6) is 1.71. The van der Waals surface area contributed by atoms with Crippen molar-refractivity contribution in [3.63, 3.8) is 0 Å². The van der Waals surface area contributed by atoms with E-state index in [4.69, 9.17) is 7.85 Å². The maximum absolute atomic E-state index is 10.3. The molecule has 1 aliphatic carbocycles. The van der Waals surface area contributed by atoms with Crippen molar-refractivity contribution >= 4 is 24.8 Å². The Morgan fingerprint density at radius 3 is 2.66 bits per heavy atom. The van der Waals surface area contributed by atoms with Gasteiger partial charge in [0.2, 0.25) is 0 Å². The summed E-state index contributed by atoms with van der Waals surface area (Å²) >= 11 is 0. The van der Waals surface area contributed by atoms with Gasteiger partial charge in [-0.15, -0.1) is 0 Å². The van der Waals surface area contributed by atoms with Crippen LogP contribution < -0.4 is 10.8 Å². The standard InChI is InChI=1S/C22H26BN5O/c23-18-14-25-28-21(12-19(26-22(18)28)17-6-1-2-7-20(17)29)24-13-15-8-10-27(11-9-15)16-4-3-5-16/h1-2,6-7,12,14-16,24,29H,3-5,8-11,13H2. The third-order valence-electron chi connectivity index (χ3n) is 6.49. The predicted octanol–water partition coefficient (Wildman–Crippen LogP) is 2.57. The zero-order valence-corrected chi connectivity index (χ0v) is 16.6. The van der Waals surface area contributed by atoms with Crippen LogP contribution in [0.5, 0.6) is 5.75 Å². The Morgan fingerprint density at radius 1 is 1.14 bits per heavy atom. The van der Waals surface area contributed by atoms with Crippen molar-refractivity contribution in [1.82, 2.24) is 19.5 Å². The van der Waals surface area contributed by atoms with Crippen LogP contribution in [-0.4, -0.2) is 58.1 Å². The number of likely N-dealkylation sites (tertiary alicyclic amines) is 1. The lowest BCUT2D eigenvalue weighted by Gasteiger charge is -2.41. The average Bonchev–Trinajstić information content (AvgIpc) is 3.07. The molecule has 2 fully saturated rings. The third kappa shape index (κ3) is 3.59. The van der Waals surface area contributed by atoms with E-state index in [1.54, 1.807) is 22.8 Å². The van der Waals surface area contributed by atoms with Crippen LogP contribution in [0.2, 0.25) is 0 Å². The van der Waals surface area contributed by atoms with E-state index >= 15 is 0 Å². The highest BCUT2D eigenvalue weighted by Crippen LogP contribution is 2.31. The first kappa shape index (κ1) is 18.5. The van der Waals surface area contributed by atoms with Gasteiger partial charge >= 0.3 is 0 Å². The molecule has 6 nitrogen and oxygen atoms in total. The molecule has 148 valence electrons. The third-order valence-corrected chi connectivity index (χ3v) is 6.49. The summed E-state index contributed by atoms with van der Waals surface area (Å²) < 4.78 is 1.75. The van der Waals surface area contributed by atoms with Crippen LogP contribution in [0.15, 0.2) is 36.5 Å². The molecular weight excluding hydrogens is 361 g/mol. The van der Waals surface area contributed by atoms with Gasteiger partial charge in [0.05, 0.1) is 5.69 Å². The lowest BCUT2D eigenvalue weighted by molar-refractivity contribution is 0.0871. The zero-order valence-electron chi connectivity index (χ0n) is 16.6. The van der Waals surface area contributed by atoms with Crippen LogP contribution in [0.25, 0.3) is 16.9 Å². The Bertz CT molecular complexity index is 1010. The fourth-order valence-corrected chi connectivity index (χ4v) is 4.46. The molecule has 0 spiro atoms. The highest BCUT2D eigenvalue weighted by molar-refractivity contribution is 6.36. The summed E-state index contributed by atoms with van der Waals surface area (Å²) in [5.41, 5.74) is 2.50. The molecule has 1 aromatic carbocycles. The Labute approximate surface area is 172 Å². The largest absolute Gasteiger partial charge is 0.507 e. The number of hydrogen-bond donors (Lipinski definition) is 2. The van der Waals surface area contributed by atoms with Crippen molar-refractivity contribution in [2.24, 2.45) is 5.92 Å². The number of piperidine rings is 1. The monoisotopic (exact) mass is 387 g/mol. The minimum atomic E-state index is 0.205. The molecule has 1 saturated heterocycles. The number of rotatable bonds is 5. The fourth-order valence-electron chi connectivity index (χ4n) is 4.46. The van der Waals surface area contributed by atoms with Crippen LogP contribution in [0.1, 0.15) is 32.1 Å². The lowest BCUT2D eigenvalue weighted by atomic mass is 9.88. The van der Waals surface area contributed by atoms with E-state index in [0.717, 1.165) is 18.4 Å². The van der Waals surface area contributed by atoms with Gasteiger partial charge in [-0.3, -0.25) is 0 Å². The molecule has 2 radical (unpaired) electrons. The number of para-hydroxylation sites is 1. The normalized spacial score (nSPS) is 18.8. The number of benzene rings is 1. The van der Waals surface area contributed by atoms with E-state index in [1.165, 1.54) is 45.2 Å². The van der Waals surface area contributed by atoms with E-state index < -0.39 is 0 Å². The topological polar surface area (TPSA) is 65.7 Å². The first-order chi connectivity index (χ1) is 14.2. The van der Waals surface area contributed by atoms with Crippen LogP contribution in [-0.2, 0) is 0 Å². The van der Waals surface area contributed by atoms with Crippen molar-refractivity contribution in [3.8, 4) is 17.0 Å². The van der Waals surface area contributed by atoms with Gasteiger partial charge in [0.15, 0.2) is 5.65 Å². The number of phenolic OH excluding ortho intramolecular Hbond substituents is 1. The highest BCUT2D eigenvalue weighted by Gasteiger charge is 2.28. The second kappa shape index (κ2) is 7.71. The Balaban J connectivity index is 1.35. The molecule has 0 unspecified atom stereocenters. The van der Waals surface area contributed by atoms with Crippen LogP contribution in [0, 0.1) is 5.92 Å². The molecule has 1 saturated carbocycles. The van der Waals surface area contributed by atoms with E-state index in [-0.39, 0.29) is 5.75 Å². The lowest BCUT2D eigenvalue weighted by Crippen LogP contribution is -2.45. The summed E-state index contributed by atoms with van der Waals surface area (Å²) in [5, 5.41) is 18.2.